The number of hydrogen-bond acceptors (Lipinski definition) is 7. The molecule has 0 radical (unpaired) electrons. The number of benzene rings is 2. The van der Waals surface area contributed by atoms with Gasteiger partial charge in [0, 0.05) is 48.6 Å². The third-order valence-electron chi connectivity index (χ3n) is 10.5. The Morgan fingerprint density at radius 2 is 1.67 bits per heavy atom. The van der Waals surface area contributed by atoms with E-state index >= 15 is 0 Å². The molecule has 2 fully saturated rings. The highest BCUT2D eigenvalue weighted by Crippen LogP contribution is 2.36. The molecule has 5 atom stereocenters. The molecule has 1 saturated heterocycles. The van der Waals surface area contributed by atoms with Gasteiger partial charge >= 0.3 is 5.97 Å². The van der Waals surface area contributed by atoms with E-state index in [0.717, 1.165) is 64.4 Å². The van der Waals surface area contributed by atoms with E-state index in [9.17, 15) is 23.1 Å². The number of likely N-dealkylation sites (tertiary alicyclic amines) is 1. The molecular formula is C41H64N2O6S2. The second-order valence-corrected chi connectivity index (χ2v) is 19.1. The number of nitrogens with zero attached hydrogens (tertiary/aromatic N) is 1. The largest absolute Gasteiger partial charge is 0.480 e. The summed E-state index contributed by atoms with van der Waals surface area (Å²) in [5.74, 6) is -0.624. The minimum atomic E-state index is -3.38. The Morgan fingerprint density at radius 3 is 2.25 bits per heavy atom. The molecule has 1 amide bonds. The van der Waals surface area contributed by atoms with Gasteiger partial charge in [-0.05, 0) is 85.3 Å². The second-order valence-electron chi connectivity index (χ2n) is 14.9. The van der Waals surface area contributed by atoms with E-state index in [0.29, 0.717) is 24.1 Å². The monoisotopic (exact) mass is 744 g/mol. The molecule has 2 N–H and O–H groups in total. The zero-order valence-electron chi connectivity index (χ0n) is 32.2. The van der Waals surface area contributed by atoms with E-state index in [1.807, 2.05) is 43.3 Å². The van der Waals surface area contributed by atoms with Crippen molar-refractivity contribution in [1.29, 1.82) is 0 Å². The summed E-state index contributed by atoms with van der Waals surface area (Å²) in [6.45, 7) is 13.6. The lowest BCUT2D eigenvalue weighted by Gasteiger charge is -2.25. The number of sulfone groups is 1. The molecule has 1 aliphatic carbocycles. The van der Waals surface area contributed by atoms with Gasteiger partial charge in [0.05, 0.1) is 12.4 Å². The molecule has 0 aromatic heterocycles. The summed E-state index contributed by atoms with van der Waals surface area (Å²) in [5, 5.41) is 13.9. The molecule has 0 spiro atoms. The summed E-state index contributed by atoms with van der Waals surface area (Å²) in [7, 11) is -1.62. The first-order valence-electron chi connectivity index (χ1n) is 19.0. The number of aliphatic carboxylic acids is 1. The summed E-state index contributed by atoms with van der Waals surface area (Å²) < 4.78 is 28.9. The average Bonchev–Trinajstić information content (AvgIpc) is 3.46. The van der Waals surface area contributed by atoms with Crippen LogP contribution in [0, 0.1) is 18.8 Å². The maximum atomic E-state index is 13.5. The Labute approximate surface area is 312 Å². The highest BCUT2D eigenvalue weighted by Gasteiger charge is 2.34. The molecule has 1 saturated carbocycles. The summed E-state index contributed by atoms with van der Waals surface area (Å²) in [6.07, 6.45) is 12.7. The fraction of sp³-hybridized carbons (Fsp3) is 0.659. The van der Waals surface area contributed by atoms with Crippen LogP contribution in [0.15, 0.2) is 42.5 Å². The fourth-order valence-corrected chi connectivity index (χ4v) is 9.19. The molecule has 51 heavy (non-hydrogen) atoms. The van der Waals surface area contributed by atoms with E-state index in [4.69, 9.17) is 4.74 Å². The van der Waals surface area contributed by atoms with Gasteiger partial charge in [-0.25, -0.2) is 13.2 Å². The highest BCUT2D eigenvalue weighted by molar-refractivity contribution is 8.00. The lowest BCUT2D eigenvalue weighted by molar-refractivity contribution is -0.139. The first kappa shape index (κ1) is 43.0. The topological polar surface area (TPSA) is 113 Å². The van der Waals surface area contributed by atoms with Gasteiger partial charge in [0.25, 0.3) is 5.91 Å². The van der Waals surface area contributed by atoms with Crippen LogP contribution in [-0.4, -0.2) is 85.2 Å². The summed E-state index contributed by atoms with van der Waals surface area (Å²) in [4.78, 5) is 27.8. The van der Waals surface area contributed by atoms with Gasteiger partial charge < -0.3 is 15.2 Å². The quantitative estimate of drug-likeness (QED) is 0.166. The van der Waals surface area contributed by atoms with Crippen LogP contribution in [0.1, 0.15) is 113 Å². The average molecular weight is 745 g/mol. The Bertz CT molecular complexity index is 1480. The van der Waals surface area contributed by atoms with Gasteiger partial charge in [0.1, 0.15) is 15.9 Å². The SMILES string of the molecule is CCC(C)SC(C)CC.COC[C@@H]1CC(CC2CCCCC2)CN1Cc1ccc(C(=O)NC(CCS(C)(=O)=O)C(=O)O)c(-c2ccccc2C)c1. The third kappa shape index (κ3) is 14.5. The van der Waals surface area contributed by atoms with Crippen molar-refractivity contribution >= 4 is 33.5 Å². The molecular weight excluding hydrogens is 681 g/mol. The number of carboxylic acids is 1. The van der Waals surface area contributed by atoms with E-state index in [1.165, 1.54) is 51.4 Å². The van der Waals surface area contributed by atoms with Crippen molar-refractivity contribution in [3.63, 3.8) is 0 Å². The standard InChI is InChI=1S/C33H46N2O6S.C8H18S/c1-23-9-7-8-12-28(23)30-19-25(13-14-29(30)32(36)34-31(33(37)38)15-16-42(3,39)40)20-35-21-26(18-27(35)22-41-2)17-24-10-5-4-6-11-24;1-5-7(3)9-8(4)6-2/h7-9,12-14,19,24,26-27,31H,4-6,10-11,15-18,20-22H2,1-3H3,(H,34,36)(H,37,38);7-8H,5-6H2,1-4H3/t26?,27-,31?;/m0./s1. The number of amides is 1. The van der Waals surface area contributed by atoms with Crippen LogP contribution in [0.3, 0.4) is 0 Å². The third-order valence-corrected chi connectivity index (χ3v) is 13.1. The van der Waals surface area contributed by atoms with E-state index < -0.39 is 27.8 Å². The Kier molecular flexibility index (Phi) is 18.0. The second kappa shape index (κ2) is 21.3. The van der Waals surface area contributed by atoms with Gasteiger partial charge in [-0.15, -0.1) is 0 Å². The Hall–Kier alpha value is -2.40. The maximum absolute atomic E-state index is 13.5. The van der Waals surface area contributed by atoms with Crippen molar-refractivity contribution in [3.05, 3.63) is 59.2 Å². The van der Waals surface area contributed by atoms with Crippen molar-refractivity contribution in [3.8, 4) is 11.1 Å². The van der Waals surface area contributed by atoms with Crippen LogP contribution in [0.4, 0.5) is 0 Å². The van der Waals surface area contributed by atoms with Gasteiger partial charge in [0.2, 0.25) is 0 Å². The number of aryl methyl sites for hydroxylation is 1. The Morgan fingerprint density at radius 1 is 1.00 bits per heavy atom. The minimum Gasteiger partial charge on any atom is -0.480 e. The van der Waals surface area contributed by atoms with Gasteiger partial charge in [-0.1, -0.05) is 90.1 Å². The molecule has 1 heterocycles. The number of nitrogens with one attached hydrogen (secondary N) is 1. The number of carbonyl (C=O) groups excluding carboxylic acids is 1. The molecule has 2 aromatic carbocycles. The van der Waals surface area contributed by atoms with Crippen LogP contribution in [0.2, 0.25) is 0 Å². The lowest BCUT2D eigenvalue weighted by Crippen LogP contribution is -2.42. The molecule has 4 rings (SSSR count). The predicted octanol–water partition coefficient (Wildman–Crippen LogP) is 8.40. The van der Waals surface area contributed by atoms with Gasteiger partial charge in [0.15, 0.2) is 0 Å². The van der Waals surface area contributed by atoms with Crippen molar-refractivity contribution in [2.75, 3.05) is 32.3 Å². The number of ether oxygens (including phenoxy) is 1. The van der Waals surface area contributed by atoms with Gasteiger partial charge in [-0.3, -0.25) is 9.69 Å². The number of thioether (sulfide) groups is 1. The summed E-state index contributed by atoms with van der Waals surface area (Å²) >= 11 is 2.10. The first-order chi connectivity index (χ1) is 24.2. The highest BCUT2D eigenvalue weighted by atomic mass is 32.2. The van der Waals surface area contributed by atoms with Crippen LogP contribution >= 0.6 is 11.8 Å². The normalized spacial score (nSPS) is 20.2. The van der Waals surface area contributed by atoms with Crippen molar-refractivity contribution in [2.24, 2.45) is 11.8 Å². The maximum Gasteiger partial charge on any atom is 0.326 e. The first-order valence-corrected chi connectivity index (χ1v) is 22.0. The minimum absolute atomic E-state index is 0.199. The van der Waals surface area contributed by atoms with Crippen molar-refractivity contribution in [2.45, 2.75) is 128 Å². The summed E-state index contributed by atoms with van der Waals surface area (Å²) in [6, 6.07) is 12.6. The molecule has 1 aliphatic heterocycles. The zero-order chi connectivity index (χ0) is 37.6. The van der Waals surface area contributed by atoms with E-state index in [1.54, 1.807) is 13.2 Å². The number of rotatable bonds is 17. The van der Waals surface area contributed by atoms with Crippen LogP contribution in [0.5, 0.6) is 0 Å². The van der Waals surface area contributed by atoms with Gasteiger partial charge in [-0.2, -0.15) is 11.8 Å². The molecule has 0 bridgehead atoms. The number of methoxy groups -OCH3 is 1. The number of hydrogen-bond donors (Lipinski definition) is 2. The number of carboxylic acid groups (broad SMARTS) is 1. The molecule has 2 aliphatic rings. The van der Waals surface area contributed by atoms with Crippen LogP contribution in [-0.2, 0) is 25.9 Å². The van der Waals surface area contributed by atoms with Crippen molar-refractivity contribution in [1.82, 2.24) is 10.2 Å². The zero-order valence-corrected chi connectivity index (χ0v) is 33.8. The number of carbonyl (C=O) groups is 2. The lowest BCUT2D eigenvalue weighted by atomic mass is 9.82. The van der Waals surface area contributed by atoms with Crippen LogP contribution < -0.4 is 5.32 Å². The molecule has 2 aromatic rings. The molecule has 8 nitrogen and oxygen atoms in total. The predicted molar refractivity (Wildman–Crippen MR) is 212 cm³/mol. The van der Waals surface area contributed by atoms with E-state index in [2.05, 4.69) is 49.7 Å². The molecule has 10 heteroatoms. The fourth-order valence-electron chi connectivity index (χ4n) is 7.35. The smallest absolute Gasteiger partial charge is 0.326 e. The summed E-state index contributed by atoms with van der Waals surface area (Å²) in [5.41, 5.74) is 4.08. The Balaban J connectivity index is 0.000000688. The van der Waals surface area contributed by atoms with Crippen molar-refractivity contribution < 1.29 is 27.9 Å². The molecule has 4 unspecified atom stereocenters. The van der Waals surface area contributed by atoms with Crippen LogP contribution in [0.25, 0.3) is 11.1 Å². The van der Waals surface area contributed by atoms with E-state index in [-0.39, 0.29) is 12.2 Å². The molecule has 286 valence electrons.